The monoisotopic (exact) mass is 391 g/mol. The molecule has 1 saturated carbocycles. The maximum atomic E-state index is 5.50. The van der Waals surface area contributed by atoms with Crippen molar-refractivity contribution in [1.82, 2.24) is 9.88 Å². The Morgan fingerprint density at radius 3 is 2.89 bits per heavy atom. The van der Waals surface area contributed by atoms with Gasteiger partial charge in [0.2, 0.25) is 0 Å². The van der Waals surface area contributed by atoms with Gasteiger partial charge in [0.15, 0.2) is 5.17 Å². The molecule has 0 bridgehead atoms. The van der Waals surface area contributed by atoms with Crippen LogP contribution in [-0.4, -0.2) is 21.1 Å². The summed E-state index contributed by atoms with van der Waals surface area (Å²) in [6, 6.07) is 13.3. The molecule has 0 N–H and O–H groups in total. The molecule has 0 radical (unpaired) electrons. The van der Waals surface area contributed by atoms with Gasteiger partial charge in [0.1, 0.15) is 10.8 Å². The van der Waals surface area contributed by atoms with Gasteiger partial charge in [-0.1, -0.05) is 37.5 Å². The topological polar surface area (TPSA) is 41.6 Å². The number of hydrogen-bond acceptors (Lipinski definition) is 4. The molecule has 5 heteroatoms. The van der Waals surface area contributed by atoms with Crippen LogP contribution in [0.2, 0.25) is 0 Å². The number of aromatic nitrogens is 1. The summed E-state index contributed by atoms with van der Waals surface area (Å²) in [4.78, 5) is 12.5. The summed E-state index contributed by atoms with van der Waals surface area (Å²) in [5.74, 6) is 0.907. The van der Waals surface area contributed by atoms with E-state index in [4.69, 9.17) is 14.4 Å². The largest absolute Gasteiger partial charge is 0.467 e. The van der Waals surface area contributed by atoms with E-state index in [1.54, 1.807) is 18.0 Å². The molecule has 0 atom stereocenters. The van der Waals surface area contributed by atoms with Crippen LogP contribution < -0.4 is 0 Å². The molecule has 1 fully saturated rings. The number of aryl methyl sites for hydroxylation is 1. The normalized spacial score (nSPS) is 19.3. The van der Waals surface area contributed by atoms with Crippen LogP contribution in [0.4, 0.5) is 0 Å². The standard InChI is InChI=1S/C23H25N3OS/c1-16-7-5-8-17-13-18-15-26(19-9-3-2-4-10-19)23(28-22(18)25-21(16)17)24-14-20-11-6-12-27-20/h5-8,11-13,19H,2-4,9-10,14-15H2,1H3. The third kappa shape index (κ3) is 3.44. The van der Waals surface area contributed by atoms with Crippen LogP contribution in [0.5, 0.6) is 0 Å². The number of benzene rings is 1. The number of para-hydroxylation sites is 1. The SMILES string of the molecule is Cc1cccc2cc3c(nc12)SC(=NCc1ccco1)N(C1CCCCC1)C3. The summed E-state index contributed by atoms with van der Waals surface area (Å²) >= 11 is 1.73. The Labute approximate surface area is 170 Å². The molecule has 1 aliphatic carbocycles. The number of furan rings is 1. The molecule has 28 heavy (non-hydrogen) atoms. The van der Waals surface area contributed by atoms with Crippen LogP contribution in [0.15, 0.2) is 57.1 Å². The first kappa shape index (κ1) is 17.8. The van der Waals surface area contributed by atoms with Crippen LogP contribution >= 0.6 is 11.8 Å². The van der Waals surface area contributed by atoms with Crippen molar-refractivity contribution in [3.63, 3.8) is 0 Å². The predicted molar refractivity (Wildman–Crippen MR) is 115 cm³/mol. The van der Waals surface area contributed by atoms with Crippen molar-refractivity contribution < 1.29 is 4.42 Å². The van der Waals surface area contributed by atoms with E-state index >= 15 is 0 Å². The Morgan fingerprint density at radius 2 is 2.07 bits per heavy atom. The molecule has 3 heterocycles. The van der Waals surface area contributed by atoms with Gasteiger partial charge >= 0.3 is 0 Å². The van der Waals surface area contributed by atoms with Crippen molar-refractivity contribution in [3.05, 3.63) is 59.5 Å². The molecule has 0 saturated heterocycles. The van der Waals surface area contributed by atoms with Gasteiger partial charge < -0.3 is 9.32 Å². The van der Waals surface area contributed by atoms with Gasteiger partial charge in [-0.2, -0.15) is 0 Å². The van der Waals surface area contributed by atoms with E-state index in [2.05, 4.69) is 36.1 Å². The van der Waals surface area contributed by atoms with Gasteiger partial charge in [-0.15, -0.1) is 0 Å². The quantitative estimate of drug-likeness (QED) is 0.555. The van der Waals surface area contributed by atoms with Crippen molar-refractivity contribution in [1.29, 1.82) is 0 Å². The highest BCUT2D eigenvalue weighted by Crippen LogP contribution is 2.37. The van der Waals surface area contributed by atoms with E-state index in [0.29, 0.717) is 12.6 Å². The number of nitrogens with zero attached hydrogens (tertiary/aromatic N) is 3. The molecule has 2 aliphatic rings. The van der Waals surface area contributed by atoms with Gasteiger partial charge in [0, 0.05) is 23.5 Å². The molecule has 0 unspecified atom stereocenters. The maximum absolute atomic E-state index is 5.50. The number of amidine groups is 1. The first-order valence-corrected chi connectivity index (χ1v) is 11.0. The van der Waals surface area contributed by atoms with E-state index in [1.807, 2.05) is 12.1 Å². The van der Waals surface area contributed by atoms with Crippen molar-refractivity contribution in [2.75, 3.05) is 0 Å². The maximum Gasteiger partial charge on any atom is 0.166 e. The summed E-state index contributed by atoms with van der Waals surface area (Å²) < 4.78 is 5.50. The lowest BCUT2D eigenvalue weighted by molar-refractivity contribution is 0.238. The van der Waals surface area contributed by atoms with Crippen LogP contribution in [0, 0.1) is 6.92 Å². The fourth-order valence-corrected chi connectivity index (χ4v) is 5.35. The summed E-state index contributed by atoms with van der Waals surface area (Å²) in [6.45, 7) is 3.62. The second-order valence-electron chi connectivity index (χ2n) is 7.80. The highest BCUT2D eigenvalue weighted by atomic mass is 32.2. The zero-order chi connectivity index (χ0) is 18.9. The van der Waals surface area contributed by atoms with E-state index in [-0.39, 0.29) is 0 Å². The second kappa shape index (κ2) is 7.63. The molecule has 4 nitrogen and oxygen atoms in total. The molecular formula is C23H25N3OS. The molecular weight excluding hydrogens is 366 g/mol. The molecule has 1 aliphatic heterocycles. The van der Waals surface area contributed by atoms with Gasteiger partial charge in [0.25, 0.3) is 0 Å². The molecule has 144 valence electrons. The average molecular weight is 392 g/mol. The number of fused-ring (bicyclic) bond motifs is 2. The number of rotatable bonds is 3. The van der Waals surface area contributed by atoms with Crippen LogP contribution in [0.1, 0.15) is 49.0 Å². The minimum Gasteiger partial charge on any atom is -0.467 e. The van der Waals surface area contributed by atoms with Crippen molar-refractivity contribution >= 4 is 27.8 Å². The number of thioether (sulfide) groups is 1. The van der Waals surface area contributed by atoms with E-state index in [1.165, 1.54) is 48.6 Å². The minimum absolute atomic E-state index is 0.581. The third-order valence-corrected chi connectivity index (χ3v) is 6.92. The minimum atomic E-state index is 0.581. The van der Waals surface area contributed by atoms with Crippen molar-refractivity contribution in [3.8, 4) is 0 Å². The Bertz CT molecular complexity index is 1010. The summed E-state index contributed by atoms with van der Waals surface area (Å²) in [6.07, 6.45) is 8.23. The molecule has 3 aromatic rings. The highest BCUT2D eigenvalue weighted by molar-refractivity contribution is 8.13. The Balaban J connectivity index is 1.52. The van der Waals surface area contributed by atoms with Gasteiger partial charge in [-0.05, 0) is 55.3 Å². The highest BCUT2D eigenvalue weighted by Gasteiger charge is 2.30. The van der Waals surface area contributed by atoms with Gasteiger partial charge in [-0.25, -0.2) is 4.98 Å². The number of pyridine rings is 1. The zero-order valence-electron chi connectivity index (χ0n) is 16.2. The molecule has 5 rings (SSSR count). The van der Waals surface area contributed by atoms with Crippen LogP contribution in [0.25, 0.3) is 10.9 Å². The van der Waals surface area contributed by atoms with E-state index in [9.17, 15) is 0 Å². The predicted octanol–water partition coefficient (Wildman–Crippen LogP) is 5.93. The van der Waals surface area contributed by atoms with Gasteiger partial charge in [0.05, 0.1) is 18.3 Å². The summed E-state index contributed by atoms with van der Waals surface area (Å²) in [5.41, 5.74) is 3.65. The molecule has 1 aromatic carbocycles. The first-order valence-electron chi connectivity index (χ1n) is 10.2. The number of hydrogen-bond donors (Lipinski definition) is 0. The lowest BCUT2D eigenvalue weighted by atomic mass is 9.94. The first-order chi connectivity index (χ1) is 13.8. The lowest BCUT2D eigenvalue weighted by Crippen LogP contribution is -2.41. The Morgan fingerprint density at radius 1 is 1.18 bits per heavy atom. The Hall–Kier alpha value is -2.27. The molecule has 2 aromatic heterocycles. The fourth-order valence-electron chi connectivity index (χ4n) is 4.32. The smallest absolute Gasteiger partial charge is 0.166 e. The third-order valence-electron chi connectivity index (χ3n) is 5.83. The number of aliphatic imine (C=N–C) groups is 1. The summed E-state index contributed by atoms with van der Waals surface area (Å²) in [7, 11) is 0. The van der Waals surface area contributed by atoms with E-state index < -0.39 is 0 Å². The van der Waals surface area contributed by atoms with Crippen molar-refractivity contribution in [2.45, 2.75) is 63.2 Å². The van der Waals surface area contributed by atoms with Gasteiger partial charge in [-0.3, -0.25) is 4.99 Å². The molecule has 0 spiro atoms. The Kier molecular flexibility index (Phi) is 4.85. The summed E-state index contributed by atoms with van der Waals surface area (Å²) in [5, 5.41) is 3.43. The van der Waals surface area contributed by atoms with Crippen molar-refractivity contribution in [2.24, 2.45) is 4.99 Å². The van der Waals surface area contributed by atoms with Crippen LogP contribution in [0.3, 0.4) is 0 Å². The molecule has 0 amide bonds. The second-order valence-corrected chi connectivity index (χ2v) is 8.76. The fraction of sp³-hybridized carbons (Fsp3) is 0.391. The zero-order valence-corrected chi connectivity index (χ0v) is 17.0. The average Bonchev–Trinajstić information content (AvgIpc) is 3.25. The lowest BCUT2D eigenvalue weighted by Gasteiger charge is -2.39. The van der Waals surface area contributed by atoms with Crippen LogP contribution in [-0.2, 0) is 13.1 Å². The van der Waals surface area contributed by atoms with E-state index in [0.717, 1.165) is 28.0 Å².